The van der Waals surface area contributed by atoms with E-state index >= 15 is 0 Å². The Morgan fingerprint density at radius 1 is 0.972 bits per heavy atom. The van der Waals surface area contributed by atoms with E-state index in [1.807, 2.05) is 80.6 Å². The first-order valence-electron chi connectivity index (χ1n) is 11.5. The second-order valence-electron chi connectivity index (χ2n) is 8.03. The molecule has 0 spiro atoms. The molecule has 1 saturated heterocycles. The van der Waals surface area contributed by atoms with Gasteiger partial charge in [-0.05, 0) is 83.0 Å². The minimum atomic E-state index is -0.337. The molecule has 3 aromatic rings. The van der Waals surface area contributed by atoms with Gasteiger partial charge in [0.15, 0.2) is 11.5 Å². The molecule has 3 aromatic carbocycles. The first-order valence-corrected chi connectivity index (χ1v) is 13.1. The van der Waals surface area contributed by atoms with Crippen LogP contribution in [-0.4, -0.2) is 35.8 Å². The fourth-order valence-electron chi connectivity index (χ4n) is 3.54. The highest BCUT2D eigenvalue weighted by atomic mass is 79.9. The first-order chi connectivity index (χ1) is 17.4. The van der Waals surface area contributed by atoms with Crippen LogP contribution in [0.3, 0.4) is 0 Å². The summed E-state index contributed by atoms with van der Waals surface area (Å²) in [6, 6.07) is 21.1. The molecule has 0 aromatic heterocycles. The maximum absolute atomic E-state index is 12.9. The normalized spacial score (nSPS) is 14.4. The van der Waals surface area contributed by atoms with Gasteiger partial charge in [-0.15, -0.1) is 0 Å². The molecule has 0 saturated carbocycles. The molecule has 4 rings (SSSR count). The zero-order valence-corrected chi connectivity index (χ0v) is 22.4. The maximum Gasteiger partial charge on any atom is 0.293 e. The van der Waals surface area contributed by atoms with Crippen molar-refractivity contribution >= 4 is 44.9 Å². The second-order valence-corrected chi connectivity index (χ2v) is 9.88. The quantitative estimate of drug-likeness (QED) is 0.249. The number of imide groups is 1. The van der Waals surface area contributed by atoms with Gasteiger partial charge in [0.25, 0.3) is 11.1 Å². The Kier molecular flexibility index (Phi) is 8.72. The number of halogens is 1. The highest BCUT2D eigenvalue weighted by Gasteiger charge is 2.35. The summed E-state index contributed by atoms with van der Waals surface area (Å²) >= 11 is 4.49. The van der Waals surface area contributed by atoms with Crippen LogP contribution in [0.5, 0.6) is 17.2 Å². The van der Waals surface area contributed by atoms with Gasteiger partial charge in [-0.25, -0.2) is 0 Å². The summed E-state index contributed by atoms with van der Waals surface area (Å²) in [5.41, 5.74) is 2.89. The van der Waals surface area contributed by atoms with Gasteiger partial charge in [0.05, 0.1) is 22.5 Å². The lowest BCUT2D eigenvalue weighted by Crippen LogP contribution is -2.32. The van der Waals surface area contributed by atoms with E-state index in [1.165, 1.54) is 4.90 Å². The summed E-state index contributed by atoms with van der Waals surface area (Å²) in [6.45, 7) is 5.14. The molecule has 8 heteroatoms. The summed E-state index contributed by atoms with van der Waals surface area (Å²) in [4.78, 5) is 27.0. The lowest BCUT2D eigenvalue weighted by atomic mass is 10.1. The average Bonchev–Trinajstić information content (AvgIpc) is 3.13. The van der Waals surface area contributed by atoms with Gasteiger partial charge in [0.2, 0.25) is 0 Å². The molecule has 0 N–H and O–H groups in total. The molecule has 1 heterocycles. The monoisotopic (exact) mass is 567 g/mol. The molecule has 1 aliphatic rings. The molecule has 0 bridgehead atoms. The highest BCUT2D eigenvalue weighted by Crippen LogP contribution is 2.39. The van der Waals surface area contributed by atoms with Crippen LogP contribution in [-0.2, 0) is 11.4 Å². The topological polar surface area (TPSA) is 65.1 Å². The van der Waals surface area contributed by atoms with Crippen LogP contribution in [0.15, 0.2) is 76.1 Å². The lowest BCUT2D eigenvalue weighted by Gasteiger charge is -2.15. The first kappa shape index (κ1) is 25.9. The number of hydrogen-bond acceptors (Lipinski definition) is 6. The van der Waals surface area contributed by atoms with Crippen molar-refractivity contribution in [3.8, 4) is 17.2 Å². The molecule has 186 valence electrons. The summed E-state index contributed by atoms with van der Waals surface area (Å²) in [7, 11) is 0. The standard InChI is InChI=1S/C28H26BrNO5S/c1-3-33-24-16-21(15-23(29)26(24)35-18-20-7-5-4-6-8-20)17-25-27(31)30(28(32)36-25)13-14-34-22-11-9-19(2)10-12-22/h4-12,15-17H,3,13-14,18H2,1-2H3/b25-17-. The van der Waals surface area contributed by atoms with E-state index in [0.29, 0.717) is 39.8 Å². The summed E-state index contributed by atoms with van der Waals surface area (Å²) in [6.07, 6.45) is 1.69. The zero-order chi connectivity index (χ0) is 25.5. The number of carbonyl (C=O) groups excluding carboxylic acids is 2. The molecule has 2 amide bonds. The summed E-state index contributed by atoms with van der Waals surface area (Å²) in [5, 5.41) is -0.314. The minimum Gasteiger partial charge on any atom is -0.492 e. The van der Waals surface area contributed by atoms with E-state index in [9.17, 15) is 9.59 Å². The van der Waals surface area contributed by atoms with Crippen molar-refractivity contribution in [2.75, 3.05) is 19.8 Å². The Hall–Kier alpha value is -3.23. The Bertz CT molecular complexity index is 1260. The van der Waals surface area contributed by atoms with Crippen LogP contribution in [0.2, 0.25) is 0 Å². The van der Waals surface area contributed by atoms with Gasteiger partial charge in [0.1, 0.15) is 19.0 Å². The third-order valence-corrected chi connectivity index (χ3v) is 6.83. The second kappa shape index (κ2) is 12.1. The zero-order valence-electron chi connectivity index (χ0n) is 20.0. The molecule has 0 atom stereocenters. The van der Waals surface area contributed by atoms with Crippen LogP contribution in [0.4, 0.5) is 4.79 Å². The number of aryl methyl sites for hydroxylation is 1. The van der Waals surface area contributed by atoms with Crippen molar-refractivity contribution in [1.82, 2.24) is 4.90 Å². The number of ether oxygens (including phenoxy) is 3. The van der Waals surface area contributed by atoms with Gasteiger partial charge in [-0.1, -0.05) is 48.0 Å². The van der Waals surface area contributed by atoms with Crippen molar-refractivity contribution in [1.29, 1.82) is 0 Å². The molecule has 1 aliphatic heterocycles. The van der Waals surface area contributed by atoms with E-state index in [2.05, 4.69) is 15.9 Å². The van der Waals surface area contributed by atoms with Gasteiger partial charge < -0.3 is 14.2 Å². The number of hydrogen-bond donors (Lipinski definition) is 0. The SMILES string of the molecule is CCOc1cc(/C=C2\SC(=O)N(CCOc3ccc(C)cc3)C2=O)cc(Br)c1OCc1ccccc1. The number of rotatable bonds is 10. The fraction of sp³-hybridized carbons (Fsp3) is 0.214. The van der Waals surface area contributed by atoms with Crippen molar-refractivity contribution in [3.63, 3.8) is 0 Å². The van der Waals surface area contributed by atoms with Crippen molar-refractivity contribution in [2.24, 2.45) is 0 Å². The van der Waals surface area contributed by atoms with E-state index < -0.39 is 0 Å². The van der Waals surface area contributed by atoms with Crippen LogP contribution in [0.25, 0.3) is 6.08 Å². The van der Waals surface area contributed by atoms with E-state index in [4.69, 9.17) is 14.2 Å². The van der Waals surface area contributed by atoms with Crippen LogP contribution in [0.1, 0.15) is 23.6 Å². The molecule has 0 aliphatic carbocycles. The Morgan fingerprint density at radius 3 is 2.44 bits per heavy atom. The predicted octanol–water partition coefficient (Wildman–Crippen LogP) is 6.85. The third kappa shape index (κ3) is 6.50. The van der Waals surface area contributed by atoms with Gasteiger partial charge in [-0.3, -0.25) is 14.5 Å². The Morgan fingerprint density at radius 2 is 1.72 bits per heavy atom. The molecule has 36 heavy (non-hydrogen) atoms. The van der Waals surface area contributed by atoms with Crippen molar-refractivity contribution < 1.29 is 23.8 Å². The molecule has 1 fully saturated rings. The number of carbonyl (C=O) groups is 2. The number of thioether (sulfide) groups is 1. The van der Waals surface area contributed by atoms with Gasteiger partial charge >= 0.3 is 0 Å². The van der Waals surface area contributed by atoms with Crippen molar-refractivity contribution in [2.45, 2.75) is 20.5 Å². The number of nitrogens with zero attached hydrogens (tertiary/aromatic N) is 1. The summed E-state index contributed by atoms with van der Waals surface area (Å²) < 4.78 is 18.2. The van der Waals surface area contributed by atoms with Crippen LogP contribution < -0.4 is 14.2 Å². The van der Waals surface area contributed by atoms with Gasteiger partial charge in [0, 0.05) is 0 Å². The predicted molar refractivity (Wildman–Crippen MR) is 145 cm³/mol. The van der Waals surface area contributed by atoms with Crippen LogP contribution >= 0.6 is 27.7 Å². The maximum atomic E-state index is 12.9. The Labute approximate surface area is 223 Å². The molecular weight excluding hydrogens is 542 g/mol. The number of benzene rings is 3. The van der Waals surface area contributed by atoms with Crippen molar-refractivity contribution in [3.05, 3.63) is 92.8 Å². The third-order valence-electron chi connectivity index (χ3n) is 5.33. The van der Waals surface area contributed by atoms with E-state index in [1.54, 1.807) is 6.08 Å². The molecule has 6 nitrogen and oxygen atoms in total. The Balaban J connectivity index is 1.45. The van der Waals surface area contributed by atoms with Gasteiger partial charge in [-0.2, -0.15) is 0 Å². The average molecular weight is 568 g/mol. The number of amides is 2. The lowest BCUT2D eigenvalue weighted by molar-refractivity contribution is -0.123. The van der Waals surface area contributed by atoms with E-state index in [0.717, 1.165) is 28.5 Å². The summed E-state index contributed by atoms with van der Waals surface area (Å²) in [5.74, 6) is 1.50. The molecule has 0 radical (unpaired) electrons. The van der Waals surface area contributed by atoms with E-state index in [-0.39, 0.29) is 24.3 Å². The van der Waals surface area contributed by atoms with Crippen LogP contribution in [0, 0.1) is 6.92 Å². The fourth-order valence-corrected chi connectivity index (χ4v) is 4.98. The molecule has 0 unspecified atom stereocenters. The molecular formula is C28H26BrNO5S. The smallest absolute Gasteiger partial charge is 0.293 e. The highest BCUT2D eigenvalue weighted by molar-refractivity contribution is 9.10. The minimum absolute atomic E-state index is 0.177. The largest absolute Gasteiger partial charge is 0.492 e.